The molecular formula is C23H28N2O4. The lowest BCUT2D eigenvalue weighted by Gasteiger charge is -2.20. The van der Waals surface area contributed by atoms with Gasteiger partial charge in [-0.1, -0.05) is 12.8 Å². The molecule has 0 bridgehead atoms. The fourth-order valence-electron chi connectivity index (χ4n) is 3.33. The van der Waals surface area contributed by atoms with Crippen molar-refractivity contribution >= 4 is 11.8 Å². The van der Waals surface area contributed by atoms with Crippen LogP contribution in [0.4, 0.5) is 0 Å². The van der Waals surface area contributed by atoms with E-state index in [0.717, 1.165) is 37.4 Å². The van der Waals surface area contributed by atoms with Gasteiger partial charge in [0.25, 0.3) is 11.8 Å². The van der Waals surface area contributed by atoms with E-state index in [1.807, 2.05) is 29.2 Å². The minimum absolute atomic E-state index is 0.0479. The fraction of sp³-hybridized carbons (Fsp3) is 0.391. The fourth-order valence-corrected chi connectivity index (χ4v) is 3.33. The molecule has 1 aliphatic heterocycles. The third-order valence-corrected chi connectivity index (χ3v) is 5.00. The number of amides is 2. The van der Waals surface area contributed by atoms with Gasteiger partial charge in [0, 0.05) is 24.2 Å². The lowest BCUT2D eigenvalue weighted by Crippen LogP contribution is -2.32. The summed E-state index contributed by atoms with van der Waals surface area (Å²) in [6.45, 7) is 2.38. The predicted molar refractivity (Wildman–Crippen MR) is 112 cm³/mol. The van der Waals surface area contributed by atoms with Crippen molar-refractivity contribution < 1.29 is 19.1 Å². The second kappa shape index (κ2) is 10.5. The Kier molecular flexibility index (Phi) is 7.50. The molecule has 0 unspecified atom stereocenters. The van der Waals surface area contributed by atoms with Crippen LogP contribution in [0, 0.1) is 0 Å². The van der Waals surface area contributed by atoms with E-state index in [-0.39, 0.29) is 11.8 Å². The number of hydrogen-bond acceptors (Lipinski definition) is 4. The van der Waals surface area contributed by atoms with Gasteiger partial charge in [-0.05, 0) is 61.4 Å². The van der Waals surface area contributed by atoms with Crippen LogP contribution in [-0.2, 0) is 0 Å². The van der Waals surface area contributed by atoms with Crippen molar-refractivity contribution in [2.24, 2.45) is 0 Å². The highest BCUT2D eigenvalue weighted by Gasteiger charge is 2.17. The lowest BCUT2D eigenvalue weighted by molar-refractivity contribution is 0.0761. The summed E-state index contributed by atoms with van der Waals surface area (Å²) in [6, 6.07) is 14.1. The van der Waals surface area contributed by atoms with Crippen LogP contribution < -0.4 is 14.8 Å². The number of carbonyl (C=O) groups is 2. The maximum absolute atomic E-state index is 12.6. The Balaban J connectivity index is 1.45. The highest BCUT2D eigenvalue weighted by atomic mass is 16.5. The Morgan fingerprint density at radius 1 is 0.862 bits per heavy atom. The van der Waals surface area contributed by atoms with Crippen LogP contribution in [0.3, 0.4) is 0 Å². The van der Waals surface area contributed by atoms with Crippen LogP contribution in [0.5, 0.6) is 11.5 Å². The van der Waals surface area contributed by atoms with Gasteiger partial charge in [0.1, 0.15) is 18.1 Å². The largest absolute Gasteiger partial charge is 0.497 e. The van der Waals surface area contributed by atoms with Crippen molar-refractivity contribution in [1.29, 1.82) is 0 Å². The number of benzene rings is 2. The van der Waals surface area contributed by atoms with E-state index in [1.54, 1.807) is 31.4 Å². The van der Waals surface area contributed by atoms with Gasteiger partial charge in [0.2, 0.25) is 0 Å². The number of nitrogens with one attached hydrogen (secondary N) is 1. The van der Waals surface area contributed by atoms with E-state index >= 15 is 0 Å². The number of rotatable bonds is 7. The van der Waals surface area contributed by atoms with E-state index in [9.17, 15) is 9.59 Å². The summed E-state index contributed by atoms with van der Waals surface area (Å²) in [5.41, 5.74) is 1.16. The molecule has 2 aromatic rings. The Hall–Kier alpha value is -3.02. The van der Waals surface area contributed by atoms with Crippen molar-refractivity contribution in [2.45, 2.75) is 25.7 Å². The SMILES string of the molecule is COc1ccc(OCCNC(=O)c2ccc(C(=O)N3CCCCCC3)cc2)cc1. The van der Waals surface area contributed by atoms with Crippen molar-refractivity contribution in [2.75, 3.05) is 33.4 Å². The van der Waals surface area contributed by atoms with Crippen LogP contribution >= 0.6 is 0 Å². The zero-order valence-corrected chi connectivity index (χ0v) is 16.9. The van der Waals surface area contributed by atoms with Crippen molar-refractivity contribution in [1.82, 2.24) is 10.2 Å². The van der Waals surface area contributed by atoms with Gasteiger partial charge in [-0.2, -0.15) is 0 Å². The van der Waals surface area contributed by atoms with Gasteiger partial charge in [0.05, 0.1) is 13.7 Å². The number of likely N-dealkylation sites (tertiary alicyclic amines) is 1. The van der Waals surface area contributed by atoms with Gasteiger partial charge in [-0.15, -0.1) is 0 Å². The van der Waals surface area contributed by atoms with Gasteiger partial charge in [-0.25, -0.2) is 0 Å². The summed E-state index contributed by atoms with van der Waals surface area (Å²) in [4.78, 5) is 26.8. The van der Waals surface area contributed by atoms with Crippen LogP contribution in [0.25, 0.3) is 0 Å². The second-order valence-corrected chi connectivity index (χ2v) is 7.06. The first-order chi connectivity index (χ1) is 14.2. The first-order valence-corrected chi connectivity index (χ1v) is 10.1. The van der Waals surface area contributed by atoms with Crippen molar-refractivity contribution in [3.63, 3.8) is 0 Å². The summed E-state index contributed by atoms with van der Waals surface area (Å²) in [5, 5.41) is 2.83. The topological polar surface area (TPSA) is 67.9 Å². The van der Waals surface area contributed by atoms with E-state index < -0.39 is 0 Å². The zero-order chi connectivity index (χ0) is 20.5. The average molecular weight is 396 g/mol. The molecule has 1 heterocycles. The first kappa shape index (κ1) is 20.7. The normalized spacial score (nSPS) is 14.0. The van der Waals surface area contributed by atoms with Crippen LogP contribution in [0.15, 0.2) is 48.5 Å². The first-order valence-electron chi connectivity index (χ1n) is 10.1. The van der Waals surface area contributed by atoms with E-state index in [1.165, 1.54) is 12.8 Å². The predicted octanol–water partition coefficient (Wildman–Crippen LogP) is 3.52. The Labute approximate surface area is 171 Å². The summed E-state index contributed by atoms with van der Waals surface area (Å²) >= 11 is 0. The smallest absolute Gasteiger partial charge is 0.253 e. The van der Waals surface area contributed by atoms with E-state index in [2.05, 4.69) is 5.32 Å². The second-order valence-electron chi connectivity index (χ2n) is 7.06. The Morgan fingerprint density at radius 3 is 2.07 bits per heavy atom. The molecule has 29 heavy (non-hydrogen) atoms. The van der Waals surface area contributed by atoms with Crippen LogP contribution in [0.2, 0.25) is 0 Å². The Bertz CT molecular complexity index is 795. The molecule has 6 heteroatoms. The molecule has 6 nitrogen and oxygen atoms in total. The molecule has 1 fully saturated rings. The standard InChI is InChI=1S/C23H28N2O4/c1-28-20-10-12-21(13-11-20)29-17-14-24-22(26)18-6-8-19(9-7-18)23(27)25-15-4-2-3-5-16-25/h6-13H,2-5,14-17H2,1H3,(H,24,26). The summed E-state index contributed by atoms with van der Waals surface area (Å²) in [6.07, 6.45) is 4.49. The molecule has 2 amide bonds. The quantitative estimate of drug-likeness (QED) is 0.727. The number of carbonyl (C=O) groups excluding carboxylic acids is 2. The highest BCUT2D eigenvalue weighted by Crippen LogP contribution is 2.17. The average Bonchev–Trinajstić information content (AvgIpc) is 3.06. The third-order valence-electron chi connectivity index (χ3n) is 5.00. The molecule has 1 N–H and O–H groups in total. The number of hydrogen-bond donors (Lipinski definition) is 1. The van der Waals surface area contributed by atoms with Crippen molar-refractivity contribution in [3.05, 3.63) is 59.7 Å². The molecule has 3 rings (SSSR count). The third kappa shape index (κ3) is 5.98. The van der Waals surface area contributed by atoms with Crippen molar-refractivity contribution in [3.8, 4) is 11.5 Å². The number of nitrogens with zero attached hydrogens (tertiary/aromatic N) is 1. The maximum Gasteiger partial charge on any atom is 0.253 e. The minimum Gasteiger partial charge on any atom is -0.497 e. The molecule has 0 saturated carbocycles. The van der Waals surface area contributed by atoms with Gasteiger partial charge >= 0.3 is 0 Å². The van der Waals surface area contributed by atoms with Gasteiger partial charge in [0.15, 0.2) is 0 Å². The zero-order valence-electron chi connectivity index (χ0n) is 16.9. The number of methoxy groups -OCH3 is 1. The molecule has 2 aromatic carbocycles. The molecule has 0 radical (unpaired) electrons. The molecular weight excluding hydrogens is 368 g/mol. The van der Waals surface area contributed by atoms with E-state index in [0.29, 0.717) is 24.3 Å². The molecule has 0 aliphatic carbocycles. The molecule has 154 valence electrons. The molecule has 0 aromatic heterocycles. The molecule has 1 saturated heterocycles. The Morgan fingerprint density at radius 2 is 1.45 bits per heavy atom. The van der Waals surface area contributed by atoms with E-state index in [4.69, 9.17) is 9.47 Å². The lowest BCUT2D eigenvalue weighted by atomic mass is 10.1. The van der Waals surface area contributed by atoms with Crippen LogP contribution in [0.1, 0.15) is 46.4 Å². The van der Waals surface area contributed by atoms with Crippen LogP contribution in [-0.4, -0.2) is 50.1 Å². The number of ether oxygens (including phenoxy) is 2. The minimum atomic E-state index is -0.183. The highest BCUT2D eigenvalue weighted by molar-refractivity contribution is 5.97. The van der Waals surface area contributed by atoms with Gasteiger partial charge < -0.3 is 19.7 Å². The molecule has 1 aliphatic rings. The summed E-state index contributed by atoms with van der Waals surface area (Å²) < 4.78 is 10.7. The summed E-state index contributed by atoms with van der Waals surface area (Å²) in [5.74, 6) is 1.35. The maximum atomic E-state index is 12.6. The molecule has 0 atom stereocenters. The monoisotopic (exact) mass is 396 g/mol. The van der Waals surface area contributed by atoms with Gasteiger partial charge in [-0.3, -0.25) is 9.59 Å². The summed E-state index contributed by atoms with van der Waals surface area (Å²) in [7, 11) is 1.61. The molecule has 0 spiro atoms.